The molecule has 0 saturated heterocycles. The van der Waals surface area contributed by atoms with Gasteiger partial charge >= 0.3 is 5.97 Å². The van der Waals surface area contributed by atoms with E-state index in [1.165, 1.54) is 0 Å². The van der Waals surface area contributed by atoms with E-state index in [2.05, 4.69) is 16.4 Å². The Kier molecular flexibility index (Phi) is 4.91. The quantitative estimate of drug-likeness (QED) is 0.832. The SMILES string of the molecule is CC(C)NC(Cc1c[nH]c2ccccc12)C(=O)OC(C)(C)C. The molecule has 1 aromatic carbocycles. The number of carbonyl (C=O) groups is 1. The largest absolute Gasteiger partial charge is 0.459 e. The first-order valence-corrected chi connectivity index (χ1v) is 7.80. The molecule has 2 rings (SSSR count). The molecule has 0 radical (unpaired) electrons. The summed E-state index contributed by atoms with van der Waals surface area (Å²) in [6.07, 6.45) is 2.58. The molecule has 4 nitrogen and oxygen atoms in total. The predicted molar refractivity (Wildman–Crippen MR) is 89.9 cm³/mol. The van der Waals surface area contributed by atoms with Crippen molar-refractivity contribution in [1.29, 1.82) is 0 Å². The zero-order valence-electron chi connectivity index (χ0n) is 14.1. The highest BCUT2D eigenvalue weighted by Crippen LogP contribution is 2.20. The fourth-order valence-electron chi connectivity index (χ4n) is 2.51. The summed E-state index contributed by atoms with van der Waals surface area (Å²) in [5.74, 6) is -0.202. The molecule has 0 bridgehead atoms. The molecule has 0 fully saturated rings. The normalized spacial score (nSPS) is 13.5. The van der Waals surface area contributed by atoms with E-state index in [1.807, 2.05) is 59.0 Å². The molecule has 4 heteroatoms. The average Bonchev–Trinajstić information content (AvgIpc) is 2.79. The molecule has 0 aliphatic rings. The number of nitrogens with one attached hydrogen (secondary N) is 2. The summed E-state index contributed by atoms with van der Waals surface area (Å²) < 4.78 is 5.55. The van der Waals surface area contributed by atoms with Gasteiger partial charge in [0, 0.05) is 29.6 Å². The maximum Gasteiger partial charge on any atom is 0.324 e. The minimum Gasteiger partial charge on any atom is -0.459 e. The fraction of sp³-hybridized carbons (Fsp3) is 0.500. The summed E-state index contributed by atoms with van der Waals surface area (Å²) in [5.41, 5.74) is 1.73. The van der Waals surface area contributed by atoms with Crippen LogP contribution in [0.15, 0.2) is 30.5 Å². The second-order valence-electron chi connectivity index (χ2n) is 6.97. The average molecular weight is 302 g/mol. The van der Waals surface area contributed by atoms with Crippen LogP contribution in [-0.4, -0.2) is 28.6 Å². The molecule has 120 valence electrons. The number of aromatic amines is 1. The first kappa shape index (κ1) is 16.6. The van der Waals surface area contributed by atoms with Crippen LogP contribution in [0.1, 0.15) is 40.2 Å². The number of benzene rings is 1. The maximum absolute atomic E-state index is 12.5. The van der Waals surface area contributed by atoms with Crippen molar-refractivity contribution >= 4 is 16.9 Å². The third kappa shape index (κ3) is 4.34. The molecular weight excluding hydrogens is 276 g/mol. The van der Waals surface area contributed by atoms with Crippen LogP contribution in [0.5, 0.6) is 0 Å². The lowest BCUT2D eigenvalue weighted by Crippen LogP contribution is -2.45. The zero-order chi connectivity index (χ0) is 16.3. The summed E-state index contributed by atoms with van der Waals surface area (Å²) in [5, 5.41) is 4.47. The smallest absolute Gasteiger partial charge is 0.324 e. The summed E-state index contributed by atoms with van der Waals surface area (Å²) in [7, 11) is 0. The van der Waals surface area contributed by atoms with Gasteiger partial charge in [-0.2, -0.15) is 0 Å². The molecule has 0 aliphatic heterocycles. The number of ether oxygens (including phenoxy) is 1. The molecule has 1 aromatic heterocycles. The maximum atomic E-state index is 12.5. The Hall–Kier alpha value is -1.81. The molecular formula is C18H26N2O2. The third-order valence-corrected chi connectivity index (χ3v) is 3.32. The second-order valence-corrected chi connectivity index (χ2v) is 6.97. The van der Waals surface area contributed by atoms with Crippen LogP contribution >= 0.6 is 0 Å². The highest BCUT2D eigenvalue weighted by Gasteiger charge is 2.26. The van der Waals surface area contributed by atoms with Gasteiger partial charge in [-0.3, -0.25) is 4.79 Å². The van der Waals surface area contributed by atoms with Crippen LogP contribution in [0.2, 0.25) is 0 Å². The first-order chi connectivity index (χ1) is 10.3. The van der Waals surface area contributed by atoms with Crippen molar-refractivity contribution < 1.29 is 9.53 Å². The Morgan fingerprint density at radius 1 is 1.27 bits per heavy atom. The topological polar surface area (TPSA) is 54.1 Å². The van der Waals surface area contributed by atoms with Crippen molar-refractivity contribution in [2.75, 3.05) is 0 Å². The van der Waals surface area contributed by atoms with Crippen molar-refractivity contribution in [3.05, 3.63) is 36.0 Å². The molecule has 0 spiro atoms. The number of para-hydroxylation sites is 1. The molecule has 2 aromatic rings. The number of fused-ring (bicyclic) bond motifs is 1. The van der Waals surface area contributed by atoms with Gasteiger partial charge in [-0.25, -0.2) is 0 Å². The summed E-state index contributed by atoms with van der Waals surface area (Å²) >= 11 is 0. The molecule has 1 heterocycles. The van der Waals surface area contributed by atoms with E-state index in [4.69, 9.17) is 4.74 Å². The van der Waals surface area contributed by atoms with Crippen LogP contribution in [0.4, 0.5) is 0 Å². The highest BCUT2D eigenvalue weighted by atomic mass is 16.6. The van der Waals surface area contributed by atoms with E-state index in [1.54, 1.807) is 0 Å². The number of H-pyrrole nitrogens is 1. The molecule has 0 amide bonds. The minimum absolute atomic E-state index is 0.202. The number of hydrogen-bond acceptors (Lipinski definition) is 3. The highest BCUT2D eigenvalue weighted by molar-refractivity contribution is 5.84. The molecule has 1 unspecified atom stereocenters. The molecule has 1 atom stereocenters. The molecule has 0 saturated carbocycles. The van der Waals surface area contributed by atoms with E-state index in [0.717, 1.165) is 16.5 Å². The Bertz CT molecular complexity index is 638. The third-order valence-electron chi connectivity index (χ3n) is 3.32. The monoisotopic (exact) mass is 302 g/mol. The van der Waals surface area contributed by atoms with Crippen LogP contribution in [0, 0.1) is 0 Å². The number of hydrogen-bond donors (Lipinski definition) is 2. The molecule has 2 N–H and O–H groups in total. The Morgan fingerprint density at radius 3 is 2.59 bits per heavy atom. The molecule has 22 heavy (non-hydrogen) atoms. The minimum atomic E-state index is -0.478. The van der Waals surface area contributed by atoms with Crippen LogP contribution in [-0.2, 0) is 16.0 Å². The van der Waals surface area contributed by atoms with Gasteiger partial charge in [-0.05, 0) is 32.4 Å². The lowest BCUT2D eigenvalue weighted by atomic mass is 10.0. The van der Waals surface area contributed by atoms with E-state index in [-0.39, 0.29) is 18.1 Å². The van der Waals surface area contributed by atoms with Gasteiger partial charge in [0.2, 0.25) is 0 Å². The van der Waals surface area contributed by atoms with Crippen molar-refractivity contribution in [3.8, 4) is 0 Å². The van der Waals surface area contributed by atoms with E-state index < -0.39 is 5.60 Å². The van der Waals surface area contributed by atoms with E-state index in [0.29, 0.717) is 6.42 Å². The number of esters is 1. The summed E-state index contributed by atoms with van der Waals surface area (Å²) in [6.45, 7) is 9.74. The standard InChI is InChI=1S/C18H26N2O2/c1-12(2)20-16(17(21)22-18(3,4)5)10-13-11-19-15-9-7-6-8-14(13)15/h6-9,11-12,16,19-20H,10H2,1-5H3. The first-order valence-electron chi connectivity index (χ1n) is 7.80. The van der Waals surface area contributed by atoms with Crippen molar-refractivity contribution in [1.82, 2.24) is 10.3 Å². The Balaban J connectivity index is 2.21. The van der Waals surface area contributed by atoms with E-state index >= 15 is 0 Å². The van der Waals surface area contributed by atoms with Crippen molar-refractivity contribution in [2.45, 2.75) is 58.7 Å². The fourth-order valence-corrected chi connectivity index (χ4v) is 2.51. The van der Waals surface area contributed by atoms with Gasteiger partial charge in [-0.15, -0.1) is 0 Å². The van der Waals surface area contributed by atoms with Gasteiger partial charge in [0.25, 0.3) is 0 Å². The van der Waals surface area contributed by atoms with Crippen molar-refractivity contribution in [3.63, 3.8) is 0 Å². The van der Waals surface area contributed by atoms with Crippen LogP contribution in [0.3, 0.4) is 0 Å². The summed E-state index contributed by atoms with van der Waals surface area (Å²) in [4.78, 5) is 15.7. The lowest BCUT2D eigenvalue weighted by molar-refractivity contribution is -0.157. The van der Waals surface area contributed by atoms with E-state index in [9.17, 15) is 4.79 Å². The van der Waals surface area contributed by atoms with Gasteiger partial charge < -0.3 is 15.0 Å². The Morgan fingerprint density at radius 2 is 1.95 bits per heavy atom. The Labute approximate surface area is 132 Å². The predicted octanol–water partition coefficient (Wildman–Crippen LogP) is 3.42. The van der Waals surface area contributed by atoms with Crippen LogP contribution in [0.25, 0.3) is 10.9 Å². The van der Waals surface area contributed by atoms with Gasteiger partial charge in [-0.1, -0.05) is 32.0 Å². The molecule has 0 aliphatic carbocycles. The van der Waals surface area contributed by atoms with Gasteiger partial charge in [0.15, 0.2) is 0 Å². The summed E-state index contributed by atoms with van der Waals surface area (Å²) in [6, 6.07) is 7.99. The van der Waals surface area contributed by atoms with Crippen LogP contribution < -0.4 is 5.32 Å². The lowest BCUT2D eigenvalue weighted by Gasteiger charge is -2.25. The second kappa shape index (κ2) is 6.53. The number of aromatic nitrogens is 1. The zero-order valence-corrected chi connectivity index (χ0v) is 14.1. The van der Waals surface area contributed by atoms with Gasteiger partial charge in [0.05, 0.1) is 0 Å². The number of rotatable bonds is 5. The van der Waals surface area contributed by atoms with Gasteiger partial charge in [0.1, 0.15) is 11.6 Å². The van der Waals surface area contributed by atoms with Crippen molar-refractivity contribution in [2.24, 2.45) is 0 Å². The number of carbonyl (C=O) groups excluding carboxylic acids is 1.